The van der Waals surface area contributed by atoms with Crippen molar-refractivity contribution in [1.82, 2.24) is 5.32 Å². The fourth-order valence-corrected chi connectivity index (χ4v) is 2.12. The number of hydrogen-bond acceptors (Lipinski definition) is 3. The van der Waals surface area contributed by atoms with E-state index >= 15 is 0 Å². The Balaban J connectivity index is 0.00000200. The molecule has 1 aromatic rings. The van der Waals surface area contributed by atoms with Crippen LogP contribution in [0.4, 0.5) is 16.2 Å². The topological polar surface area (TPSA) is 96.2 Å². The number of halogens is 1. The molecule has 20 heavy (non-hydrogen) atoms. The van der Waals surface area contributed by atoms with Crippen molar-refractivity contribution in [2.75, 3.05) is 17.2 Å². The van der Waals surface area contributed by atoms with Crippen LogP contribution in [-0.4, -0.2) is 24.5 Å². The third-order valence-electron chi connectivity index (χ3n) is 3.02. The number of primary amides is 1. The Morgan fingerprint density at radius 3 is 2.50 bits per heavy atom. The molecule has 0 aromatic heterocycles. The zero-order chi connectivity index (χ0) is 13.7. The van der Waals surface area contributed by atoms with Crippen LogP contribution < -0.4 is 21.7 Å². The lowest BCUT2D eigenvalue weighted by Crippen LogP contribution is -2.43. The van der Waals surface area contributed by atoms with E-state index < -0.39 is 6.03 Å². The van der Waals surface area contributed by atoms with E-state index in [2.05, 4.69) is 16.0 Å². The zero-order valence-corrected chi connectivity index (χ0v) is 11.8. The molecule has 0 radical (unpaired) electrons. The van der Waals surface area contributed by atoms with Gasteiger partial charge in [-0.1, -0.05) is 12.5 Å². The molecule has 1 fully saturated rings. The SMILES string of the molecule is Cl.NC(=O)Nc1cccc(NC(=O)[C@@H]2CCCCN2)c1. The van der Waals surface area contributed by atoms with Crippen molar-refractivity contribution >= 4 is 35.7 Å². The van der Waals surface area contributed by atoms with Crippen molar-refractivity contribution in [3.05, 3.63) is 24.3 Å². The van der Waals surface area contributed by atoms with Crippen molar-refractivity contribution in [2.24, 2.45) is 5.73 Å². The molecule has 1 aliphatic heterocycles. The largest absolute Gasteiger partial charge is 0.351 e. The molecule has 0 bridgehead atoms. The lowest BCUT2D eigenvalue weighted by Gasteiger charge is -2.22. The van der Waals surface area contributed by atoms with E-state index in [1.165, 1.54) is 0 Å². The van der Waals surface area contributed by atoms with E-state index in [1.807, 2.05) is 0 Å². The van der Waals surface area contributed by atoms with Crippen LogP contribution in [0.1, 0.15) is 19.3 Å². The number of nitrogens with one attached hydrogen (secondary N) is 3. The van der Waals surface area contributed by atoms with Crippen molar-refractivity contribution in [1.29, 1.82) is 0 Å². The number of amides is 3. The van der Waals surface area contributed by atoms with Gasteiger partial charge in [0.15, 0.2) is 0 Å². The van der Waals surface area contributed by atoms with E-state index in [1.54, 1.807) is 24.3 Å². The van der Waals surface area contributed by atoms with Gasteiger partial charge in [0, 0.05) is 11.4 Å². The van der Waals surface area contributed by atoms with Gasteiger partial charge in [-0.15, -0.1) is 12.4 Å². The minimum Gasteiger partial charge on any atom is -0.351 e. The van der Waals surface area contributed by atoms with Crippen LogP contribution in [0.5, 0.6) is 0 Å². The molecule has 0 unspecified atom stereocenters. The van der Waals surface area contributed by atoms with Crippen LogP contribution in [-0.2, 0) is 4.79 Å². The summed E-state index contributed by atoms with van der Waals surface area (Å²) in [6.45, 7) is 0.876. The maximum absolute atomic E-state index is 12.0. The molecule has 1 aromatic carbocycles. The number of urea groups is 1. The number of carbonyl (C=O) groups excluding carboxylic acids is 2. The van der Waals surface area contributed by atoms with Gasteiger partial charge in [0.2, 0.25) is 5.91 Å². The molecule has 5 N–H and O–H groups in total. The molecule has 6 nitrogen and oxygen atoms in total. The second kappa shape index (κ2) is 7.72. The Hall–Kier alpha value is -1.79. The van der Waals surface area contributed by atoms with Gasteiger partial charge in [0.25, 0.3) is 0 Å². The van der Waals surface area contributed by atoms with Crippen molar-refractivity contribution in [2.45, 2.75) is 25.3 Å². The summed E-state index contributed by atoms with van der Waals surface area (Å²) in [4.78, 5) is 22.8. The molecule has 0 saturated carbocycles. The summed E-state index contributed by atoms with van der Waals surface area (Å²) in [6.07, 6.45) is 3.03. The van der Waals surface area contributed by atoms with E-state index in [0.29, 0.717) is 11.4 Å². The number of piperidine rings is 1. The van der Waals surface area contributed by atoms with Crippen LogP contribution >= 0.6 is 12.4 Å². The lowest BCUT2D eigenvalue weighted by atomic mass is 10.0. The minimum absolute atomic E-state index is 0. The van der Waals surface area contributed by atoms with E-state index in [-0.39, 0.29) is 24.4 Å². The Bertz CT molecular complexity index is 475. The number of rotatable bonds is 3. The first-order valence-corrected chi connectivity index (χ1v) is 6.36. The summed E-state index contributed by atoms with van der Waals surface area (Å²) < 4.78 is 0. The summed E-state index contributed by atoms with van der Waals surface area (Å²) in [5, 5.41) is 8.49. The van der Waals surface area contributed by atoms with Gasteiger partial charge in [-0.3, -0.25) is 4.79 Å². The highest BCUT2D eigenvalue weighted by molar-refractivity contribution is 5.96. The number of benzene rings is 1. The quantitative estimate of drug-likeness (QED) is 0.683. The van der Waals surface area contributed by atoms with Crippen LogP contribution in [0.15, 0.2) is 24.3 Å². The molecule has 1 heterocycles. The third kappa shape index (κ3) is 4.71. The molecule has 1 atom stereocenters. The van der Waals surface area contributed by atoms with Crippen molar-refractivity contribution in [3.63, 3.8) is 0 Å². The van der Waals surface area contributed by atoms with Gasteiger partial charge in [0.05, 0.1) is 6.04 Å². The number of nitrogens with two attached hydrogens (primary N) is 1. The molecule has 3 amide bonds. The summed E-state index contributed by atoms with van der Waals surface area (Å²) >= 11 is 0. The standard InChI is InChI=1S/C13H18N4O2.ClH/c14-13(19)17-10-5-3-4-9(8-10)16-12(18)11-6-1-2-7-15-11;/h3-5,8,11,15H,1-2,6-7H2,(H,16,18)(H3,14,17,19);1H/t11-;/m0./s1. The first kappa shape index (κ1) is 16.3. The molecular weight excluding hydrogens is 280 g/mol. The van der Waals surface area contributed by atoms with Crippen LogP contribution in [0.2, 0.25) is 0 Å². The van der Waals surface area contributed by atoms with Crippen LogP contribution in [0.3, 0.4) is 0 Å². The molecule has 2 rings (SSSR count). The summed E-state index contributed by atoms with van der Waals surface area (Å²) in [5.74, 6) is -0.0454. The smallest absolute Gasteiger partial charge is 0.316 e. The predicted molar refractivity (Wildman–Crippen MR) is 81.2 cm³/mol. The normalized spacial score (nSPS) is 17.7. The van der Waals surface area contributed by atoms with Crippen molar-refractivity contribution < 1.29 is 9.59 Å². The summed E-state index contributed by atoms with van der Waals surface area (Å²) in [7, 11) is 0. The van der Waals surface area contributed by atoms with E-state index in [9.17, 15) is 9.59 Å². The second-order valence-electron chi connectivity index (χ2n) is 4.56. The highest BCUT2D eigenvalue weighted by Gasteiger charge is 2.20. The number of carbonyl (C=O) groups is 2. The Morgan fingerprint density at radius 2 is 1.90 bits per heavy atom. The lowest BCUT2D eigenvalue weighted by molar-refractivity contribution is -0.118. The first-order chi connectivity index (χ1) is 9.15. The average molecular weight is 299 g/mol. The Labute approximate surface area is 123 Å². The van der Waals surface area contributed by atoms with Crippen LogP contribution in [0.25, 0.3) is 0 Å². The zero-order valence-electron chi connectivity index (χ0n) is 11.0. The van der Waals surface area contributed by atoms with Gasteiger partial charge in [-0.25, -0.2) is 4.79 Å². The summed E-state index contributed by atoms with van der Waals surface area (Å²) in [6, 6.07) is 6.13. The molecule has 1 saturated heterocycles. The second-order valence-corrected chi connectivity index (χ2v) is 4.56. The highest BCUT2D eigenvalue weighted by atomic mass is 35.5. The fraction of sp³-hybridized carbons (Fsp3) is 0.385. The van der Waals surface area contributed by atoms with Crippen molar-refractivity contribution in [3.8, 4) is 0 Å². The van der Waals surface area contributed by atoms with E-state index in [4.69, 9.17) is 5.73 Å². The maximum Gasteiger partial charge on any atom is 0.316 e. The minimum atomic E-state index is -0.627. The molecule has 1 aliphatic rings. The molecule has 0 aliphatic carbocycles. The highest BCUT2D eigenvalue weighted by Crippen LogP contribution is 2.16. The maximum atomic E-state index is 12.0. The monoisotopic (exact) mass is 298 g/mol. The van der Waals surface area contributed by atoms with Gasteiger partial charge in [-0.2, -0.15) is 0 Å². The fourth-order valence-electron chi connectivity index (χ4n) is 2.12. The van der Waals surface area contributed by atoms with Gasteiger partial charge in [0.1, 0.15) is 0 Å². The van der Waals surface area contributed by atoms with Gasteiger partial charge < -0.3 is 21.7 Å². The summed E-state index contributed by atoms with van der Waals surface area (Å²) in [5.41, 5.74) is 6.24. The van der Waals surface area contributed by atoms with Gasteiger partial charge >= 0.3 is 6.03 Å². The van der Waals surface area contributed by atoms with Crippen LogP contribution in [0, 0.1) is 0 Å². The predicted octanol–water partition coefficient (Wildman–Crippen LogP) is 1.68. The Morgan fingerprint density at radius 1 is 1.20 bits per heavy atom. The van der Waals surface area contributed by atoms with Gasteiger partial charge in [-0.05, 0) is 37.6 Å². The number of hydrogen-bond donors (Lipinski definition) is 4. The first-order valence-electron chi connectivity index (χ1n) is 6.36. The average Bonchev–Trinajstić information content (AvgIpc) is 2.39. The van der Waals surface area contributed by atoms with E-state index in [0.717, 1.165) is 25.8 Å². The molecule has 7 heteroatoms. The molecular formula is C13H19ClN4O2. The third-order valence-corrected chi connectivity index (χ3v) is 3.02. The molecule has 110 valence electrons. The molecule has 0 spiro atoms. The number of anilines is 2. The Kier molecular flexibility index (Phi) is 6.27.